The molecule has 1 amide bonds. The van der Waals surface area contributed by atoms with Gasteiger partial charge in [-0.3, -0.25) is 9.69 Å². The third-order valence-corrected chi connectivity index (χ3v) is 9.70. The summed E-state index contributed by atoms with van der Waals surface area (Å²) in [5, 5.41) is 0.589. The van der Waals surface area contributed by atoms with Crippen LogP contribution in [0.2, 0.25) is 0 Å². The Bertz CT molecular complexity index is 940. The summed E-state index contributed by atoms with van der Waals surface area (Å²) in [6.45, 7) is 2.55. The molecule has 0 N–H and O–H groups in total. The van der Waals surface area contributed by atoms with Gasteiger partial charge < -0.3 is 4.90 Å². The van der Waals surface area contributed by atoms with Gasteiger partial charge in [-0.05, 0) is 18.6 Å². The predicted octanol–water partition coefficient (Wildman–Crippen LogP) is -0.245. The van der Waals surface area contributed by atoms with E-state index in [9.17, 15) is 21.6 Å². The molecule has 2 aliphatic heterocycles. The summed E-state index contributed by atoms with van der Waals surface area (Å²) in [6.07, 6.45) is 1.98. The monoisotopic (exact) mass is 462 g/mol. The van der Waals surface area contributed by atoms with E-state index >= 15 is 0 Å². The molecule has 0 spiro atoms. The normalized spacial score (nSPS) is 22.9. The zero-order valence-corrected chi connectivity index (χ0v) is 19.0. The highest BCUT2D eigenvalue weighted by molar-refractivity contribution is 7.99. The number of carbonyl (C=O) groups excluding carboxylic acids is 1. The van der Waals surface area contributed by atoms with Gasteiger partial charge in [0, 0.05) is 52.5 Å². The van der Waals surface area contributed by atoms with Crippen LogP contribution in [0.1, 0.15) is 6.42 Å². The lowest BCUT2D eigenvalue weighted by atomic mass is 10.2. The molecule has 1 aromatic rings. The van der Waals surface area contributed by atoms with E-state index in [0.29, 0.717) is 37.6 Å². The Balaban J connectivity index is 1.47. The van der Waals surface area contributed by atoms with Gasteiger partial charge in [-0.25, -0.2) is 26.1 Å². The highest BCUT2D eigenvalue weighted by atomic mass is 32.2. The molecule has 2 aliphatic rings. The van der Waals surface area contributed by atoms with Gasteiger partial charge in [-0.1, -0.05) is 11.8 Å². The number of sulfone groups is 1. The van der Waals surface area contributed by atoms with E-state index in [1.165, 1.54) is 38.1 Å². The number of hydrogen-bond acceptors (Lipinski definition) is 8. The lowest BCUT2D eigenvalue weighted by molar-refractivity contribution is -0.130. The molecular formula is C17H26N4O5S3. The number of amides is 1. The van der Waals surface area contributed by atoms with Gasteiger partial charge in [0.15, 0.2) is 9.84 Å². The lowest BCUT2D eigenvalue weighted by Gasteiger charge is -2.37. The molecule has 0 radical (unpaired) electrons. The number of hydrogen-bond donors (Lipinski definition) is 0. The average molecular weight is 463 g/mol. The van der Waals surface area contributed by atoms with Crippen LogP contribution < -0.4 is 0 Å². The quantitative estimate of drug-likeness (QED) is 0.533. The second kappa shape index (κ2) is 8.88. The maximum absolute atomic E-state index is 12.5. The van der Waals surface area contributed by atoms with Crippen LogP contribution in [0.3, 0.4) is 0 Å². The van der Waals surface area contributed by atoms with Crippen molar-refractivity contribution < 1.29 is 21.6 Å². The number of rotatable bonds is 6. The minimum absolute atomic E-state index is 0.000447. The molecule has 162 valence electrons. The van der Waals surface area contributed by atoms with Crippen molar-refractivity contribution >= 4 is 37.5 Å². The summed E-state index contributed by atoms with van der Waals surface area (Å²) in [6, 6.07) is 3.17. The number of pyridine rings is 1. The maximum atomic E-state index is 12.5. The molecule has 0 saturated carbocycles. The van der Waals surface area contributed by atoms with Crippen molar-refractivity contribution in [2.75, 3.05) is 57.5 Å². The number of piperazine rings is 1. The third-order valence-electron chi connectivity index (χ3n) is 5.22. The molecule has 1 unspecified atom stereocenters. The Kier molecular flexibility index (Phi) is 6.88. The van der Waals surface area contributed by atoms with E-state index < -0.39 is 19.9 Å². The molecule has 0 aliphatic carbocycles. The molecular weight excluding hydrogens is 436 g/mol. The highest BCUT2D eigenvalue weighted by Crippen LogP contribution is 2.21. The van der Waals surface area contributed by atoms with Gasteiger partial charge in [0.05, 0.1) is 22.3 Å². The fraction of sp³-hybridized carbons (Fsp3) is 0.647. The first-order valence-electron chi connectivity index (χ1n) is 9.32. The Morgan fingerprint density at radius 1 is 1.24 bits per heavy atom. The summed E-state index contributed by atoms with van der Waals surface area (Å²) in [5.41, 5.74) is 0. The molecule has 0 aromatic carbocycles. The van der Waals surface area contributed by atoms with E-state index in [2.05, 4.69) is 9.88 Å². The Labute approximate surface area is 176 Å². The second-order valence-electron chi connectivity index (χ2n) is 7.38. The van der Waals surface area contributed by atoms with Crippen LogP contribution in [0.4, 0.5) is 0 Å². The molecule has 2 fully saturated rings. The van der Waals surface area contributed by atoms with Crippen molar-refractivity contribution in [3.05, 3.63) is 18.3 Å². The van der Waals surface area contributed by atoms with Crippen molar-refractivity contribution in [3.8, 4) is 0 Å². The van der Waals surface area contributed by atoms with Gasteiger partial charge in [-0.15, -0.1) is 0 Å². The zero-order valence-electron chi connectivity index (χ0n) is 16.5. The zero-order chi connectivity index (χ0) is 21.2. The minimum Gasteiger partial charge on any atom is -0.339 e. The molecule has 2 saturated heterocycles. The highest BCUT2D eigenvalue weighted by Gasteiger charge is 2.34. The summed E-state index contributed by atoms with van der Waals surface area (Å²) in [5.74, 6) is 0.710. The number of carbonyl (C=O) groups is 1. The van der Waals surface area contributed by atoms with E-state index in [1.54, 1.807) is 11.0 Å². The van der Waals surface area contributed by atoms with Crippen LogP contribution in [0, 0.1) is 0 Å². The SMILES string of the molecule is CN(C)S(=O)(=O)c1ccc(SCC(=O)N2CCN(C3CCS(=O)(=O)C3)CC2)nc1. The van der Waals surface area contributed by atoms with E-state index in [-0.39, 0.29) is 34.1 Å². The van der Waals surface area contributed by atoms with Gasteiger partial charge in [0.1, 0.15) is 4.90 Å². The van der Waals surface area contributed by atoms with Crippen LogP contribution in [-0.4, -0.2) is 105 Å². The number of sulfonamides is 1. The van der Waals surface area contributed by atoms with Crippen molar-refractivity contribution in [3.63, 3.8) is 0 Å². The fourth-order valence-corrected chi connectivity index (χ4v) is 6.80. The molecule has 3 rings (SSSR count). The molecule has 3 heterocycles. The molecule has 29 heavy (non-hydrogen) atoms. The average Bonchev–Trinajstić information content (AvgIpc) is 3.06. The van der Waals surface area contributed by atoms with Crippen LogP contribution in [0.15, 0.2) is 28.3 Å². The maximum Gasteiger partial charge on any atom is 0.244 e. The number of aromatic nitrogens is 1. The summed E-state index contributed by atoms with van der Waals surface area (Å²) >= 11 is 1.27. The first-order valence-corrected chi connectivity index (χ1v) is 13.6. The topological polar surface area (TPSA) is 108 Å². The largest absolute Gasteiger partial charge is 0.339 e. The number of thioether (sulfide) groups is 1. The number of nitrogens with zero attached hydrogens (tertiary/aromatic N) is 4. The van der Waals surface area contributed by atoms with E-state index in [1.807, 2.05) is 0 Å². The van der Waals surface area contributed by atoms with Gasteiger partial charge in [-0.2, -0.15) is 0 Å². The Morgan fingerprint density at radius 2 is 1.93 bits per heavy atom. The lowest BCUT2D eigenvalue weighted by Crippen LogP contribution is -2.52. The Hall–Kier alpha value is -1.21. The summed E-state index contributed by atoms with van der Waals surface area (Å²) in [4.78, 5) is 20.7. The molecule has 1 aromatic heterocycles. The standard InChI is InChI=1S/C17H26N4O5S3/c1-19(2)29(25,26)15-3-4-16(18-11-15)27-12-17(22)21-8-6-20(7-9-21)14-5-10-28(23,24)13-14/h3-4,11,14H,5-10,12-13H2,1-2H3. The van der Waals surface area contributed by atoms with Gasteiger partial charge in [0.25, 0.3) is 0 Å². The van der Waals surface area contributed by atoms with E-state index in [0.717, 1.165) is 4.31 Å². The molecule has 12 heteroatoms. The van der Waals surface area contributed by atoms with Gasteiger partial charge in [0.2, 0.25) is 15.9 Å². The predicted molar refractivity (Wildman–Crippen MR) is 111 cm³/mol. The van der Waals surface area contributed by atoms with Crippen LogP contribution >= 0.6 is 11.8 Å². The van der Waals surface area contributed by atoms with Gasteiger partial charge >= 0.3 is 0 Å². The fourth-order valence-electron chi connectivity index (χ4n) is 3.44. The smallest absolute Gasteiger partial charge is 0.244 e. The minimum atomic E-state index is -3.52. The van der Waals surface area contributed by atoms with Crippen molar-refractivity contribution in [1.82, 2.24) is 19.1 Å². The first-order chi connectivity index (χ1) is 13.6. The van der Waals surface area contributed by atoms with Crippen molar-refractivity contribution in [2.45, 2.75) is 22.4 Å². The summed E-state index contributed by atoms with van der Waals surface area (Å²) < 4.78 is 48.5. The summed E-state index contributed by atoms with van der Waals surface area (Å²) in [7, 11) is -3.50. The van der Waals surface area contributed by atoms with Crippen molar-refractivity contribution in [1.29, 1.82) is 0 Å². The second-order valence-corrected chi connectivity index (χ2v) is 12.8. The van der Waals surface area contributed by atoms with Crippen molar-refractivity contribution in [2.24, 2.45) is 0 Å². The van der Waals surface area contributed by atoms with Crippen LogP contribution in [-0.2, 0) is 24.7 Å². The third kappa shape index (κ3) is 5.48. The van der Waals surface area contributed by atoms with E-state index in [4.69, 9.17) is 0 Å². The molecule has 0 bridgehead atoms. The van der Waals surface area contributed by atoms with Crippen LogP contribution in [0.25, 0.3) is 0 Å². The molecule has 9 nitrogen and oxygen atoms in total. The first kappa shape index (κ1) is 22.5. The Morgan fingerprint density at radius 3 is 2.45 bits per heavy atom. The van der Waals surface area contributed by atoms with Crippen LogP contribution in [0.5, 0.6) is 0 Å². The molecule has 1 atom stereocenters.